The van der Waals surface area contributed by atoms with Crippen LogP contribution < -0.4 is 9.64 Å². The van der Waals surface area contributed by atoms with Crippen LogP contribution in [0.5, 0.6) is 5.75 Å². The van der Waals surface area contributed by atoms with Crippen LogP contribution >= 0.6 is 12.4 Å². The number of rotatable bonds is 6. The van der Waals surface area contributed by atoms with Crippen LogP contribution in [0.15, 0.2) is 48.5 Å². The monoisotopic (exact) mass is 422 g/mol. The summed E-state index contributed by atoms with van der Waals surface area (Å²) in [6.45, 7) is 10.9. The van der Waals surface area contributed by atoms with E-state index in [0.29, 0.717) is 6.54 Å². The maximum absolute atomic E-state index is 13.1. The lowest BCUT2D eigenvalue weighted by atomic mass is 9.87. The summed E-state index contributed by atoms with van der Waals surface area (Å²) in [6.07, 6.45) is -0.528. The molecule has 0 amide bonds. The average Bonchev–Trinajstić information content (AvgIpc) is 2.67. The van der Waals surface area contributed by atoms with Crippen LogP contribution in [0, 0.1) is 5.82 Å². The number of benzene rings is 2. The number of nitrogens with zero attached hydrogens (tertiary/aromatic N) is 2. The van der Waals surface area contributed by atoms with Crippen molar-refractivity contribution in [3.63, 3.8) is 0 Å². The zero-order valence-corrected chi connectivity index (χ0v) is 18.3. The molecular formula is C23H32ClFN2O2. The summed E-state index contributed by atoms with van der Waals surface area (Å²) in [5.74, 6) is 0.576. The van der Waals surface area contributed by atoms with Gasteiger partial charge in [-0.15, -0.1) is 12.4 Å². The number of hydrogen-bond acceptors (Lipinski definition) is 4. The Morgan fingerprint density at radius 2 is 1.55 bits per heavy atom. The van der Waals surface area contributed by atoms with Crippen LogP contribution in [0.25, 0.3) is 0 Å². The Balaban J connectivity index is 0.00000300. The van der Waals surface area contributed by atoms with Gasteiger partial charge in [0.25, 0.3) is 0 Å². The second-order valence-corrected chi connectivity index (χ2v) is 8.50. The van der Waals surface area contributed by atoms with E-state index in [1.807, 2.05) is 24.3 Å². The smallest absolute Gasteiger partial charge is 0.123 e. The first kappa shape index (κ1) is 23.5. The molecular weight excluding hydrogens is 391 g/mol. The zero-order chi connectivity index (χ0) is 20.1. The molecule has 1 aliphatic rings. The molecule has 1 heterocycles. The molecule has 0 saturated carbocycles. The molecule has 0 bridgehead atoms. The molecule has 0 spiro atoms. The lowest BCUT2D eigenvalue weighted by molar-refractivity contribution is 0.0663. The fraction of sp³-hybridized carbons (Fsp3) is 0.478. The average molecular weight is 423 g/mol. The second-order valence-electron chi connectivity index (χ2n) is 8.50. The second kappa shape index (κ2) is 10.3. The van der Waals surface area contributed by atoms with E-state index in [2.05, 4.69) is 42.7 Å². The van der Waals surface area contributed by atoms with Gasteiger partial charge in [0.1, 0.15) is 24.3 Å². The van der Waals surface area contributed by atoms with E-state index in [-0.39, 0.29) is 30.2 Å². The number of halogens is 2. The SMILES string of the molecule is CC(C)(C)c1ccc(OCC(O)CN2CCN(c3ccc(F)cc3)CC2)cc1.Cl. The highest BCUT2D eigenvalue weighted by atomic mass is 35.5. The zero-order valence-electron chi connectivity index (χ0n) is 17.5. The van der Waals surface area contributed by atoms with Crippen molar-refractivity contribution in [3.8, 4) is 5.75 Å². The van der Waals surface area contributed by atoms with Gasteiger partial charge >= 0.3 is 0 Å². The molecule has 1 fully saturated rings. The van der Waals surface area contributed by atoms with Gasteiger partial charge in [-0.05, 0) is 47.4 Å². The van der Waals surface area contributed by atoms with Gasteiger partial charge in [-0.25, -0.2) is 4.39 Å². The molecule has 29 heavy (non-hydrogen) atoms. The number of ether oxygens (including phenoxy) is 1. The highest BCUT2D eigenvalue weighted by molar-refractivity contribution is 5.85. The summed E-state index contributed by atoms with van der Waals surface area (Å²) in [6, 6.07) is 14.7. The van der Waals surface area contributed by atoms with Gasteiger partial charge in [0, 0.05) is 38.4 Å². The van der Waals surface area contributed by atoms with E-state index < -0.39 is 6.10 Å². The summed E-state index contributed by atoms with van der Waals surface area (Å²) in [7, 11) is 0. The van der Waals surface area contributed by atoms with E-state index in [1.165, 1.54) is 17.7 Å². The number of aliphatic hydroxyl groups excluding tert-OH is 1. The van der Waals surface area contributed by atoms with Crippen molar-refractivity contribution in [1.29, 1.82) is 0 Å². The van der Waals surface area contributed by atoms with E-state index in [4.69, 9.17) is 4.74 Å². The Morgan fingerprint density at radius 1 is 0.966 bits per heavy atom. The van der Waals surface area contributed by atoms with E-state index in [1.54, 1.807) is 0 Å². The quantitative estimate of drug-likeness (QED) is 0.760. The fourth-order valence-corrected chi connectivity index (χ4v) is 3.43. The summed E-state index contributed by atoms with van der Waals surface area (Å²) in [5.41, 5.74) is 2.43. The normalized spacial score (nSPS) is 16.2. The lowest BCUT2D eigenvalue weighted by Gasteiger charge is -2.36. The fourth-order valence-electron chi connectivity index (χ4n) is 3.43. The Kier molecular flexibility index (Phi) is 8.32. The maximum Gasteiger partial charge on any atom is 0.123 e. The van der Waals surface area contributed by atoms with Crippen molar-refractivity contribution in [2.45, 2.75) is 32.3 Å². The van der Waals surface area contributed by atoms with E-state index >= 15 is 0 Å². The number of β-amino-alcohol motifs (C(OH)–C–C–N with tert-alkyl or cyclic N) is 1. The number of hydrogen-bond donors (Lipinski definition) is 1. The summed E-state index contributed by atoms with van der Waals surface area (Å²) in [5, 5.41) is 10.3. The predicted octanol–water partition coefficient (Wildman–Crippen LogP) is 4.11. The first-order valence-corrected chi connectivity index (χ1v) is 9.95. The third-order valence-electron chi connectivity index (χ3n) is 5.20. The number of anilines is 1. The van der Waals surface area contributed by atoms with Crippen LogP contribution in [0.3, 0.4) is 0 Å². The first-order chi connectivity index (χ1) is 13.3. The minimum atomic E-state index is -0.528. The molecule has 0 aromatic heterocycles. The molecule has 4 nitrogen and oxygen atoms in total. The lowest BCUT2D eigenvalue weighted by Crippen LogP contribution is -2.49. The molecule has 1 aliphatic heterocycles. The van der Waals surface area contributed by atoms with Gasteiger partial charge in [-0.3, -0.25) is 4.90 Å². The van der Waals surface area contributed by atoms with E-state index in [9.17, 15) is 9.50 Å². The van der Waals surface area contributed by atoms with E-state index in [0.717, 1.165) is 37.6 Å². The minimum Gasteiger partial charge on any atom is -0.491 e. The Labute approximate surface area is 179 Å². The third-order valence-corrected chi connectivity index (χ3v) is 5.20. The summed E-state index contributed by atoms with van der Waals surface area (Å²) >= 11 is 0. The standard InChI is InChI=1S/C23H31FN2O2.ClH/c1-23(2,3)18-4-10-22(11-5-18)28-17-21(27)16-25-12-14-26(15-13-25)20-8-6-19(24)7-9-20;/h4-11,21,27H,12-17H2,1-3H3;1H. The van der Waals surface area contributed by atoms with Crippen molar-refractivity contribution in [2.75, 3.05) is 44.2 Å². The topological polar surface area (TPSA) is 35.9 Å². The van der Waals surface area contributed by atoms with Crippen molar-refractivity contribution in [2.24, 2.45) is 0 Å². The maximum atomic E-state index is 13.1. The van der Waals surface area contributed by atoms with Crippen LogP contribution in [0.1, 0.15) is 26.3 Å². The Hall–Kier alpha value is -1.82. The Morgan fingerprint density at radius 3 is 2.10 bits per heavy atom. The van der Waals surface area contributed by atoms with Crippen molar-refractivity contribution in [1.82, 2.24) is 4.90 Å². The van der Waals surface area contributed by atoms with Gasteiger partial charge in [-0.1, -0.05) is 32.9 Å². The van der Waals surface area contributed by atoms with Crippen LogP contribution in [-0.2, 0) is 5.41 Å². The molecule has 1 unspecified atom stereocenters. The molecule has 1 N–H and O–H groups in total. The van der Waals surface area contributed by atoms with Crippen LogP contribution in [-0.4, -0.2) is 55.4 Å². The largest absolute Gasteiger partial charge is 0.491 e. The molecule has 1 saturated heterocycles. The molecule has 0 radical (unpaired) electrons. The molecule has 0 aliphatic carbocycles. The third kappa shape index (κ3) is 6.88. The number of piperazine rings is 1. The minimum absolute atomic E-state index is 0. The highest BCUT2D eigenvalue weighted by Crippen LogP contribution is 2.24. The summed E-state index contributed by atoms with van der Waals surface area (Å²) in [4.78, 5) is 4.49. The summed E-state index contributed by atoms with van der Waals surface area (Å²) < 4.78 is 18.8. The van der Waals surface area contributed by atoms with Gasteiger partial charge in [0.15, 0.2) is 0 Å². The number of aliphatic hydroxyl groups is 1. The highest BCUT2D eigenvalue weighted by Gasteiger charge is 2.20. The van der Waals surface area contributed by atoms with Crippen LogP contribution in [0.4, 0.5) is 10.1 Å². The van der Waals surface area contributed by atoms with Gasteiger partial charge in [0.2, 0.25) is 0 Å². The molecule has 2 aromatic rings. The molecule has 6 heteroatoms. The molecule has 1 atom stereocenters. The molecule has 3 rings (SSSR count). The predicted molar refractivity (Wildman–Crippen MR) is 119 cm³/mol. The van der Waals surface area contributed by atoms with Gasteiger partial charge in [0.05, 0.1) is 0 Å². The Bertz CT molecular complexity index is 739. The molecule has 2 aromatic carbocycles. The molecule has 160 valence electrons. The van der Waals surface area contributed by atoms with Gasteiger partial charge < -0.3 is 14.7 Å². The van der Waals surface area contributed by atoms with Gasteiger partial charge in [-0.2, -0.15) is 0 Å². The van der Waals surface area contributed by atoms with Crippen molar-refractivity contribution < 1.29 is 14.2 Å². The first-order valence-electron chi connectivity index (χ1n) is 9.95. The van der Waals surface area contributed by atoms with Crippen molar-refractivity contribution in [3.05, 3.63) is 59.9 Å². The van der Waals surface area contributed by atoms with Crippen molar-refractivity contribution >= 4 is 18.1 Å². The van der Waals surface area contributed by atoms with Crippen LogP contribution in [0.2, 0.25) is 0 Å².